The normalized spacial score (nSPS) is 10.9. The molecule has 0 amide bonds. The Kier molecular flexibility index (Phi) is 9.17. The van der Waals surface area contributed by atoms with Gasteiger partial charge < -0.3 is 0 Å². The zero-order chi connectivity index (χ0) is 9.00. The molecule has 0 saturated carbocycles. The Labute approximate surface area is 64.1 Å². The van der Waals surface area contributed by atoms with Crippen LogP contribution in [0.4, 0.5) is 0 Å². The number of halogens is 2. The molecule has 0 rings (SSSR count). The van der Waals surface area contributed by atoms with Gasteiger partial charge in [0.15, 0.2) is 0 Å². The van der Waals surface area contributed by atoms with E-state index in [4.69, 9.17) is 37.3 Å². The number of hydrogen-bond acceptors (Lipinski definition) is 8. The Hall–Kier alpha value is 0.220. The molecule has 0 aliphatic heterocycles. The molecular weight excluding hydrogens is 215 g/mol. The van der Waals surface area contributed by atoms with Crippen molar-refractivity contribution in [2.45, 2.75) is 0 Å². The van der Waals surface area contributed by atoms with Gasteiger partial charge in [-0.2, -0.15) is 0 Å². The molecule has 0 fully saturated rings. The van der Waals surface area contributed by atoms with Crippen molar-refractivity contribution in [2.24, 2.45) is 0 Å². The highest BCUT2D eigenvalue weighted by Gasteiger charge is 2.00. The van der Waals surface area contributed by atoms with Gasteiger partial charge in [0.2, 0.25) is 0 Å². The van der Waals surface area contributed by atoms with E-state index in [0.29, 0.717) is 0 Å². The summed E-state index contributed by atoms with van der Waals surface area (Å²) >= 11 is 0. The van der Waals surface area contributed by atoms with Crippen LogP contribution in [0.5, 0.6) is 0 Å². The van der Waals surface area contributed by atoms with Gasteiger partial charge in [0.1, 0.15) is 0 Å². The van der Waals surface area contributed by atoms with E-state index in [2.05, 4.69) is 0 Å². The molecule has 0 N–H and O–H groups in total. The topological polar surface area (TPSA) is 213 Å². The Morgan fingerprint density at radius 1 is 0.455 bits per heavy atom. The van der Waals surface area contributed by atoms with Gasteiger partial charge in [-0.25, -0.2) is 37.3 Å². The summed E-state index contributed by atoms with van der Waals surface area (Å²) in [6.45, 7) is 0. The predicted octanol–water partition coefficient (Wildman–Crippen LogP) is -9.63. The summed E-state index contributed by atoms with van der Waals surface area (Å²) in [5, 5.41) is 0. The zero-order valence-electron chi connectivity index (χ0n) is 4.43. The average Bonchev–Trinajstić information content (AvgIpc) is 1.12. The minimum Gasteiger partial charge on any atom is -0.222 e. The van der Waals surface area contributed by atoms with Crippen molar-refractivity contribution in [2.75, 3.05) is 0 Å². The summed E-state index contributed by atoms with van der Waals surface area (Å²) in [5.74, 6) is 0. The van der Waals surface area contributed by atoms with E-state index in [1.165, 1.54) is 0 Å². The van der Waals surface area contributed by atoms with Crippen LogP contribution < -0.4 is 37.3 Å². The molecule has 9 nitrogen and oxygen atoms in total. The first kappa shape index (κ1) is 17.3. The van der Waals surface area contributed by atoms with E-state index in [-0.39, 0.29) is 5.48 Å². The molecule has 0 aromatic carbocycles. The lowest BCUT2D eigenvalue weighted by molar-refractivity contribution is -2.00. The predicted molar refractivity (Wildman–Crippen MR) is 0.686 cm³/mol. The van der Waals surface area contributed by atoms with Gasteiger partial charge in [-0.3, -0.25) is 0 Å². The minimum atomic E-state index is -4.94. The summed E-state index contributed by atoms with van der Waals surface area (Å²) in [5.41, 5.74) is 0. The molecule has 0 aromatic rings. The van der Waals surface area contributed by atoms with Gasteiger partial charge in [0.25, 0.3) is 0 Å². The monoisotopic (exact) mass is 214 g/mol. The third-order valence-electron chi connectivity index (χ3n) is 0. The second kappa shape index (κ2) is 5.82. The average molecular weight is 215 g/mol. The Morgan fingerprint density at radius 3 is 0.455 bits per heavy atom. The minimum absolute atomic E-state index is 0. The van der Waals surface area contributed by atoms with Crippen molar-refractivity contribution in [1.29, 1.82) is 0 Å². The maximum absolute atomic E-state index is 8.49. The lowest BCUT2D eigenvalue weighted by Crippen LogP contribution is -2.68. The van der Waals surface area contributed by atoms with Crippen molar-refractivity contribution in [3.63, 3.8) is 0 Å². The first-order valence-corrected chi connectivity index (χ1v) is 3.70. The highest BCUT2D eigenvalue weighted by molar-refractivity contribution is 2.01. The van der Waals surface area contributed by atoms with Crippen LogP contribution >= 0.6 is 0 Å². The first-order chi connectivity index (χ1) is 4.00. The highest BCUT2D eigenvalue weighted by atomic mass is 35.7. The summed E-state index contributed by atoms with van der Waals surface area (Å²) < 4.78 is 67.9. The van der Waals surface area contributed by atoms with Crippen molar-refractivity contribution in [3.8, 4) is 0 Å². The summed E-state index contributed by atoms with van der Waals surface area (Å²) in [4.78, 5) is 0. The molecular formula is Cl2O9. The van der Waals surface area contributed by atoms with E-state index in [9.17, 15) is 0 Å². The van der Waals surface area contributed by atoms with Crippen molar-refractivity contribution >= 4 is 0 Å². The van der Waals surface area contributed by atoms with Crippen molar-refractivity contribution in [1.82, 2.24) is 0 Å². The maximum atomic E-state index is 8.49. The van der Waals surface area contributed by atoms with Crippen LogP contribution in [0.15, 0.2) is 0 Å². The van der Waals surface area contributed by atoms with Crippen LogP contribution in [-0.2, 0) is 5.48 Å². The molecule has 4 radical (unpaired) electrons. The Bertz CT molecular complexity index is 50.5. The molecule has 0 aromatic heterocycles. The summed E-state index contributed by atoms with van der Waals surface area (Å²) in [6.07, 6.45) is 0. The van der Waals surface area contributed by atoms with Gasteiger partial charge in [0.05, 0.1) is 0 Å². The van der Waals surface area contributed by atoms with E-state index in [1.54, 1.807) is 0 Å². The Morgan fingerprint density at radius 2 is 0.455 bits per heavy atom. The molecule has 0 bridgehead atoms. The third kappa shape index (κ3) is 14300. The molecule has 0 heterocycles. The zero-order valence-corrected chi connectivity index (χ0v) is 5.94. The van der Waals surface area contributed by atoms with Gasteiger partial charge in [-0.05, 0) is 0 Å². The molecule has 0 aliphatic carbocycles. The SMILES string of the molecule is [O+2].[O-][Cl+3]([O-])([O-])[O-].[O-][Cl+3]([O-])([O-])[O-]. The third-order valence-corrected chi connectivity index (χ3v) is 0. The van der Waals surface area contributed by atoms with Gasteiger partial charge in [0, 0.05) is 0 Å². The largest absolute Gasteiger partial charge is 2.00 e. The van der Waals surface area contributed by atoms with Crippen LogP contribution in [0, 0.1) is 20.5 Å². The lowest BCUT2D eigenvalue weighted by atomic mass is 15.8. The second-order valence-corrected chi connectivity index (χ2v) is 2.27. The quantitative estimate of drug-likeness (QED) is 0.376. The fraction of sp³-hybridized carbons (Fsp3) is 0. The van der Waals surface area contributed by atoms with Crippen molar-refractivity contribution in [3.05, 3.63) is 0 Å². The lowest BCUT2D eigenvalue weighted by Gasteiger charge is -2.17. The highest BCUT2D eigenvalue weighted by Crippen LogP contribution is 1.50. The molecule has 11 heteroatoms. The van der Waals surface area contributed by atoms with Gasteiger partial charge in [-0.15, -0.1) is 20.5 Å². The smallest absolute Gasteiger partial charge is 0.222 e. The molecule has 0 saturated heterocycles. The molecule has 0 aliphatic rings. The molecule has 0 unspecified atom stereocenters. The van der Waals surface area contributed by atoms with Crippen LogP contribution in [0.25, 0.3) is 0 Å². The fourth-order valence-corrected chi connectivity index (χ4v) is 0. The maximum Gasteiger partial charge on any atom is 2.00 e. The van der Waals surface area contributed by atoms with Crippen LogP contribution in [0.1, 0.15) is 0 Å². The number of rotatable bonds is 0. The molecule has 0 spiro atoms. The van der Waals surface area contributed by atoms with E-state index in [1.807, 2.05) is 0 Å². The molecule has 11 heavy (non-hydrogen) atoms. The van der Waals surface area contributed by atoms with Crippen LogP contribution in [0.3, 0.4) is 0 Å². The van der Waals surface area contributed by atoms with E-state index >= 15 is 0 Å². The van der Waals surface area contributed by atoms with Gasteiger partial charge in [-0.1, -0.05) is 0 Å². The van der Waals surface area contributed by atoms with E-state index in [0.717, 1.165) is 0 Å². The standard InChI is InChI=1S/2ClHO4.O/c2*2-1(3,4)5;/h2*(H,2,3,4,5);/q;;+2/p-2. The van der Waals surface area contributed by atoms with E-state index < -0.39 is 20.5 Å². The van der Waals surface area contributed by atoms with Crippen LogP contribution in [0.2, 0.25) is 0 Å². The molecule has 0 atom stereocenters. The van der Waals surface area contributed by atoms with Gasteiger partial charge >= 0.3 is 5.48 Å². The second-order valence-electron chi connectivity index (χ2n) is 0.756. The fourth-order valence-electron chi connectivity index (χ4n) is 0. The summed E-state index contributed by atoms with van der Waals surface area (Å²) in [7, 11) is -9.89. The number of hydrogen-bond donors (Lipinski definition) is 0. The van der Waals surface area contributed by atoms with Crippen LogP contribution in [-0.4, -0.2) is 0 Å². The Balaban J connectivity index is -0.000000107. The summed E-state index contributed by atoms with van der Waals surface area (Å²) in [6, 6.07) is 0. The molecule has 68 valence electrons. The first-order valence-electron chi connectivity index (χ1n) is 1.23. The van der Waals surface area contributed by atoms with Crippen molar-refractivity contribution < 1.29 is 63.2 Å².